The lowest BCUT2D eigenvalue weighted by atomic mass is 9.98. The lowest BCUT2D eigenvalue weighted by molar-refractivity contribution is -0.149. The van der Waals surface area contributed by atoms with Crippen molar-refractivity contribution in [3.05, 3.63) is 18.7 Å². The van der Waals surface area contributed by atoms with E-state index < -0.39 is 6.04 Å². The Balaban J connectivity index is 1.96. The fraction of sp³-hybridized carbons (Fsp3) is 0.643. The van der Waals surface area contributed by atoms with Crippen LogP contribution < -0.4 is 5.32 Å². The summed E-state index contributed by atoms with van der Waals surface area (Å²) in [5.41, 5.74) is 0. The molecule has 1 saturated heterocycles. The van der Waals surface area contributed by atoms with Crippen molar-refractivity contribution >= 4 is 11.8 Å². The number of amides is 2. The maximum absolute atomic E-state index is 12.4. The molecule has 1 aromatic rings. The molecule has 2 rings (SSSR count). The van der Waals surface area contributed by atoms with Gasteiger partial charge in [0.2, 0.25) is 11.8 Å². The molecule has 0 aliphatic carbocycles. The van der Waals surface area contributed by atoms with Crippen LogP contribution in [0.15, 0.2) is 18.7 Å². The van der Waals surface area contributed by atoms with E-state index in [1.807, 2.05) is 24.6 Å². The molecule has 0 aromatic carbocycles. The summed E-state index contributed by atoms with van der Waals surface area (Å²) in [6, 6.07) is -0.785. The Morgan fingerprint density at radius 2 is 2.10 bits per heavy atom. The van der Waals surface area contributed by atoms with Gasteiger partial charge in [0.1, 0.15) is 12.1 Å². The number of nitrogens with zero attached hydrogens (tertiary/aromatic N) is 3. The standard InChI is InChI=1S/C14H22N4O2/c1-10(2)12-14(20)18(11(3)13(19)16-12)7-4-6-17-8-5-15-9-17/h5,8-12H,4,6-7H2,1-3H3,(H,16,19). The molecule has 0 saturated carbocycles. The van der Waals surface area contributed by atoms with Crippen molar-refractivity contribution in [1.29, 1.82) is 0 Å². The van der Waals surface area contributed by atoms with Crippen LogP contribution in [0, 0.1) is 5.92 Å². The molecular formula is C14H22N4O2. The van der Waals surface area contributed by atoms with E-state index in [-0.39, 0.29) is 23.8 Å². The van der Waals surface area contributed by atoms with Crippen LogP contribution in [0.5, 0.6) is 0 Å². The zero-order valence-electron chi connectivity index (χ0n) is 12.2. The van der Waals surface area contributed by atoms with Crippen molar-refractivity contribution < 1.29 is 9.59 Å². The molecule has 1 N–H and O–H groups in total. The molecule has 110 valence electrons. The average Bonchev–Trinajstić information content (AvgIpc) is 2.90. The second kappa shape index (κ2) is 6.07. The molecule has 2 amide bonds. The Morgan fingerprint density at radius 1 is 1.35 bits per heavy atom. The van der Waals surface area contributed by atoms with Crippen LogP contribution >= 0.6 is 0 Å². The zero-order chi connectivity index (χ0) is 14.7. The van der Waals surface area contributed by atoms with Crippen LogP contribution in [0.4, 0.5) is 0 Å². The zero-order valence-corrected chi connectivity index (χ0v) is 12.2. The first-order valence-electron chi connectivity index (χ1n) is 7.07. The minimum absolute atomic E-state index is 0.0257. The average molecular weight is 278 g/mol. The second-order valence-corrected chi connectivity index (χ2v) is 5.59. The Bertz CT molecular complexity index is 470. The first-order valence-corrected chi connectivity index (χ1v) is 7.07. The summed E-state index contributed by atoms with van der Waals surface area (Å²) < 4.78 is 1.97. The number of hydrogen-bond donors (Lipinski definition) is 1. The van der Waals surface area contributed by atoms with Crippen LogP contribution in [-0.4, -0.2) is 44.9 Å². The van der Waals surface area contributed by atoms with E-state index in [4.69, 9.17) is 0 Å². The van der Waals surface area contributed by atoms with Gasteiger partial charge in [0.15, 0.2) is 0 Å². The summed E-state index contributed by atoms with van der Waals surface area (Å²) in [5, 5.41) is 2.80. The van der Waals surface area contributed by atoms with Crippen LogP contribution in [0.25, 0.3) is 0 Å². The molecule has 1 fully saturated rings. The number of carbonyl (C=O) groups is 2. The Morgan fingerprint density at radius 3 is 2.70 bits per heavy atom. The molecule has 0 radical (unpaired) electrons. The van der Waals surface area contributed by atoms with Gasteiger partial charge in [0.25, 0.3) is 0 Å². The SMILES string of the molecule is CC(C)C1NC(=O)C(C)N(CCCn2ccnc2)C1=O. The van der Waals surface area contributed by atoms with Crippen LogP contribution in [0.3, 0.4) is 0 Å². The fourth-order valence-corrected chi connectivity index (χ4v) is 2.44. The molecule has 2 atom stereocenters. The van der Waals surface area contributed by atoms with Gasteiger partial charge in [-0.05, 0) is 19.3 Å². The minimum atomic E-state index is -0.396. The quantitative estimate of drug-likeness (QED) is 0.859. The largest absolute Gasteiger partial charge is 0.342 e. The van der Waals surface area contributed by atoms with Crippen LogP contribution in [0.1, 0.15) is 27.2 Å². The van der Waals surface area contributed by atoms with E-state index in [0.717, 1.165) is 13.0 Å². The normalized spacial score (nSPS) is 23.3. The molecule has 6 heteroatoms. The molecule has 20 heavy (non-hydrogen) atoms. The number of aromatic nitrogens is 2. The summed E-state index contributed by atoms with van der Waals surface area (Å²) in [5.74, 6) is 0.0683. The molecule has 0 spiro atoms. The third-order valence-electron chi connectivity index (χ3n) is 3.74. The smallest absolute Gasteiger partial charge is 0.246 e. The first kappa shape index (κ1) is 14.6. The van der Waals surface area contributed by atoms with Gasteiger partial charge >= 0.3 is 0 Å². The van der Waals surface area contributed by atoms with Gasteiger partial charge in [0, 0.05) is 25.5 Å². The van der Waals surface area contributed by atoms with Gasteiger partial charge in [-0.1, -0.05) is 13.8 Å². The number of carbonyl (C=O) groups excluding carboxylic acids is 2. The van der Waals surface area contributed by atoms with Gasteiger partial charge < -0.3 is 14.8 Å². The lowest BCUT2D eigenvalue weighted by Crippen LogP contribution is -2.63. The number of rotatable bonds is 5. The Hall–Kier alpha value is -1.85. The third kappa shape index (κ3) is 3.00. The second-order valence-electron chi connectivity index (χ2n) is 5.59. The molecule has 1 aliphatic heterocycles. The maximum Gasteiger partial charge on any atom is 0.246 e. The number of piperazine rings is 1. The summed E-state index contributed by atoms with van der Waals surface area (Å²) in [7, 11) is 0. The van der Waals surface area contributed by atoms with E-state index in [2.05, 4.69) is 10.3 Å². The van der Waals surface area contributed by atoms with Gasteiger partial charge in [-0.2, -0.15) is 0 Å². The van der Waals surface area contributed by atoms with Crippen molar-refractivity contribution in [2.75, 3.05) is 6.54 Å². The van der Waals surface area contributed by atoms with E-state index in [1.165, 1.54) is 0 Å². The van der Waals surface area contributed by atoms with E-state index in [9.17, 15) is 9.59 Å². The summed E-state index contributed by atoms with van der Waals surface area (Å²) in [6.45, 7) is 7.06. The van der Waals surface area contributed by atoms with Gasteiger partial charge in [-0.15, -0.1) is 0 Å². The number of imidazole rings is 1. The molecule has 6 nitrogen and oxygen atoms in total. The highest BCUT2D eigenvalue weighted by atomic mass is 16.2. The summed E-state index contributed by atoms with van der Waals surface area (Å²) >= 11 is 0. The fourth-order valence-electron chi connectivity index (χ4n) is 2.44. The maximum atomic E-state index is 12.4. The Labute approximate surface area is 119 Å². The van der Waals surface area contributed by atoms with Crippen molar-refractivity contribution in [3.63, 3.8) is 0 Å². The molecule has 1 aromatic heterocycles. The topological polar surface area (TPSA) is 67.2 Å². The molecule has 1 aliphatic rings. The predicted molar refractivity (Wildman–Crippen MR) is 74.8 cm³/mol. The summed E-state index contributed by atoms with van der Waals surface area (Å²) in [6.07, 6.45) is 6.19. The van der Waals surface area contributed by atoms with Crippen molar-refractivity contribution in [2.45, 2.75) is 45.8 Å². The van der Waals surface area contributed by atoms with Crippen LogP contribution in [0.2, 0.25) is 0 Å². The van der Waals surface area contributed by atoms with Gasteiger partial charge in [0.05, 0.1) is 6.33 Å². The molecule has 2 unspecified atom stereocenters. The third-order valence-corrected chi connectivity index (χ3v) is 3.74. The highest BCUT2D eigenvalue weighted by Crippen LogP contribution is 2.15. The summed E-state index contributed by atoms with van der Waals surface area (Å²) in [4.78, 5) is 30.0. The van der Waals surface area contributed by atoms with Gasteiger partial charge in [-0.3, -0.25) is 9.59 Å². The predicted octanol–water partition coefficient (Wildman–Crippen LogP) is 0.645. The molecule has 2 heterocycles. The lowest BCUT2D eigenvalue weighted by Gasteiger charge is -2.38. The first-order chi connectivity index (χ1) is 9.50. The van der Waals surface area contributed by atoms with Gasteiger partial charge in [-0.25, -0.2) is 4.98 Å². The highest BCUT2D eigenvalue weighted by molar-refractivity contribution is 5.96. The monoisotopic (exact) mass is 278 g/mol. The van der Waals surface area contributed by atoms with E-state index in [1.54, 1.807) is 24.3 Å². The van der Waals surface area contributed by atoms with Crippen molar-refractivity contribution in [2.24, 2.45) is 5.92 Å². The minimum Gasteiger partial charge on any atom is -0.342 e. The van der Waals surface area contributed by atoms with E-state index >= 15 is 0 Å². The number of aryl methyl sites for hydroxylation is 1. The van der Waals surface area contributed by atoms with Crippen molar-refractivity contribution in [1.82, 2.24) is 19.8 Å². The number of nitrogens with one attached hydrogen (secondary N) is 1. The highest BCUT2D eigenvalue weighted by Gasteiger charge is 2.38. The Kier molecular flexibility index (Phi) is 4.42. The van der Waals surface area contributed by atoms with Crippen molar-refractivity contribution in [3.8, 4) is 0 Å². The van der Waals surface area contributed by atoms with E-state index in [0.29, 0.717) is 6.54 Å². The molecule has 0 bridgehead atoms. The number of hydrogen-bond acceptors (Lipinski definition) is 3. The van der Waals surface area contributed by atoms with Crippen LogP contribution in [-0.2, 0) is 16.1 Å². The molecular weight excluding hydrogens is 256 g/mol.